The van der Waals surface area contributed by atoms with Crippen LogP contribution in [0, 0.1) is 11.6 Å². The van der Waals surface area contributed by atoms with E-state index in [1.165, 1.54) is 6.07 Å². The Kier molecular flexibility index (Phi) is 4.17. The molecule has 0 bridgehead atoms. The Morgan fingerprint density at radius 3 is 2.53 bits per heavy atom. The first-order valence-electron chi connectivity index (χ1n) is 4.94. The monoisotopic (exact) mass is 215 g/mol. The van der Waals surface area contributed by atoms with Crippen LogP contribution in [0.3, 0.4) is 0 Å². The number of aliphatic hydroxyl groups is 1. The molecule has 0 saturated heterocycles. The normalized spacial score (nSPS) is 15.0. The van der Waals surface area contributed by atoms with Crippen molar-refractivity contribution in [1.82, 2.24) is 0 Å². The molecule has 15 heavy (non-hydrogen) atoms. The van der Waals surface area contributed by atoms with E-state index in [-0.39, 0.29) is 0 Å². The molecule has 4 heteroatoms. The maximum Gasteiger partial charge on any atom is 0.159 e. The topological polar surface area (TPSA) is 46.2 Å². The fourth-order valence-electron chi connectivity index (χ4n) is 1.42. The Balaban J connectivity index is 2.81. The van der Waals surface area contributed by atoms with Gasteiger partial charge >= 0.3 is 0 Å². The first kappa shape index (κ1) is 12.1. The summed E-state index contributed by atoms with van der Waals surface area (Å²) in [6.45, 7) is 1.92. The van der Waals surface area contributed by atoms with E-state index < -0.39 is 23.8 Å². The summed E-state index contributed by atoms with van der Waals surface area (Å²) >= 11 is 0. The fraction of sp³-hybridized carbons (Fsp3) is 0.455. The number of nitrogens with two attached hydrogens (primary N) is 1. The second-order valence-corrected chi connectivity index (χ2v) is 3.56. The average molecular weight is 215 g/mol. The zero-order chi connectivity index (χ0) is 11.4. The predicted octanol–water partition coefficient (Wildman–Crippen LogP) is 2.13. The highest BCUT2D eigenvalue weighted by atomic mass is 19.2. The molecule has 0 unspecified atom stereocenters. The molecule has 0 spiro atoms. The molecule has 1 rings (SSSR count). The molecule has 0 aromatic heterocycles. The van der Waals surface area contributed by atoms with Crippen LogP contribution in [0.5, 0.6) is 0 Å². The van der Waals surface area contributed by atoms with Crippen LogP contribution < -0.4 is 5.73 Å². The van der Waals surface area contributed by atoms with Crippen LogP contribution in [-0.4, -0.2) is 11.2 Å². The van der Waals surface area contributed by atoms with Gasteiger partial charge in [-0.15, -0.1) is 0 Å². The van der Waals surface area contributed by atoms with Gasteiger partial charge in [0, 0.05) is 0 Å². The van der Waals surface area contributed by atoms with Gasteiger partial charge in [0.2, 0.25) is 0 Å². The first-order chi connectivity index (χ1) is 7.06. The largest absolute Gasteiger partial charge is 0.391 e. The third-order valence-electron chi connectivity index (χ3n) is 2.33. The summed E-state index contributed by atoms with van der Waals surface area (Å²) in [6.07, 6.45) is 0.610. The van der Waals surface area contributed by atoms with Crippen molar-refractivity contribution in [3.63, 3.8) is 0 Å². The number of hydrogen-bond acceptors (Lipinski definition) is 2. The van der Waals surface area contributed by atoms with Gasteiger partial charge in [-0.1, -0.05) is 19.4 Å². The SMILES string of the molecule is CCC[C@@H](O)[C@@H](N)c1ccc(F)c(F)c1. The smallest absolute Gasteiger partial charge is 0.159 e. The lowest BCUT2D eigenvalue weighted by Crippen LogP contribution is -2.26. The molecule has 0 saturated carbocycles. The maximum absolute atomic E-state index is 12.9. The summed E-state index contributed by atoms with van der Waals surface area (Å²) in [5.74, 6) is -1.84. The summed E-state index contributed by atoms with van der Waals surface area (Å²) < 4.78 is 25.5. The molecule has 2 nitrogen and oxygen atoms in total. The number of rotatable bonds is 4. The van der Waals surface area contributed by atoms with Crippen molar-refractivity contribution in [3.8, 4) is 0 Å². The van der Waals surface area contributed by atoms with Gasteiger partial charge in [-0.2, -0.15) is 0 Å². The quantitative estimate of drug-likeness (QED) is 0.808. The Hall–Kier alpha value is -1.00. The van der Waals surface area contributed by atoms with Gasteiger partial charge in [0.25, 0.3) is 0 Å². The highest BCUT2D eigenvalue weighted by Gasteiger charge is 2.17. The van der Waals surface area contributed by atoms with Gasteiger partial charge in [-0.25, -0.2) is 8.78 Å². The van der Waals surface area contributed by atoms with Crippen LogP contribution in [0.4, 0.5) is 8.78 Å². The molecule has 2 atom stereocenters. The molecule has 84 valence electrons. The first-order valence-corrected chi connectivity index (χ1v) is 4.94. The van der Waals surface area contributed by atoms with Crippen LogP contribution in [0.15, 0.2) is 18.2 Å². The molecule has 1 aromatic carbocycles. The minimum atomic E-state index is -0.938. The lowest BCUT2D eigenvalue weighted by atomic mass is 9.99. The summed E-state index contributed by atoms with van der Waals surface area (Å²) in [5, 5.41) is 9.59. The molecule has 0 amide bonds. The number of aliphatic hydroxyl groups excluding tert-OH is 1. The van der Waals surface area contributed by atoms with Gasteiger partial charge in [0.15, 0.2) is 11.6 Å². The van der Waals surface area contributed by atoms with E-state index in [9.17, 15) is 13.9 Å². The summed E-state index contributed by atoms with van der Waals surface area (Å²) in [4.78, 5) is 0. The van der Waals surface area contributed by atoms with Gasteiger partial charge in [0.05, 0.1) is 12.1 Å². The minimum absolute atomic E-state index is 0.412. The van der Waals surface area contributed by atoms with Gasteiger partial charge in [0.1, 0.15) is 0 Å². The van der Waals surface area contributed by atoms with Crippen molar-refractivity contribution >= 4 is 0 Å². The van der Waals surface area contributed by atoms with Crippen LogP contribution in [0.2, 0.25) is 0 Å². The van der Waals surface area contributed by atoms with Crippen molar-refractivity contribution in [2.24, 2.45) is 5.73 Å². The van der Waals surface area contributed by atoms with Crippen LogP contribution >= 0.6 is 0 Å². The Morgan fingerprint density at radius 2 is 2.00 bits per heavy atom. The summed E-state index contributed by atoms with van der Waals surface area (Å²) in [7, 11) is 0. The summed E-state index contributed by atoms with van der Waals surface area (Å²) in [6, 6.07) is 2.77. The molecule has 0 heterocycles. The lowest BCUT2D eigenvalue weighted by molar-refractivity contribution is 0.134. The third kappa shape index (κ3) is 2.97. The van der Waals surface area contributed by atoms with E-state index in [2.05, 4.69) is 0 Å². The van der Waals surface area contributed by atoms with E-state index in [1.54, 1.807) is 0 Å². The molecule has 0 fully saturated rings. The predicted molar refractivity (Wildman–Crippen MR) is 54.2 cm³/mol. The second kappa shape index (κ2) is 5.19. The van der Waals surface area contributed by atoms with Gasteiger partial charge < -0.3 is 10.8 Å². The highest BCUT2D eigenvalue weighted by Crippen LogP contribution is 2.19. The van der Waals surface area contributed by atoms with Crippen molar-refractivity contribution < 1.29 is 13.9 Å². The van der Waals surface area contributed by atoms with Crippen molar-refractivity contribution in [3.05, 3.63) is 35.4 Å². The van der Waals surface area contributed by atoms with Crippen molar-refractivity contribution in [2.75, 3.05) is 0 Å². The maximum atomic E-state index is 12.9. The van der Waals surface area contributed by atoms with Crippen LogP contribution in [-0.2, 0) is 0 Å². The lowest BCUT2D eigenvalue weighted by Gasteiger charge is -2.18. The molecule has 0 radical (unpaired) electrons. The summed E-state index contributed by atoms with van der Waals surface area (Å²) in [5.41, 5.74) is 6.12. The minimum Gasteiger partial charge on any atom is -0.391 e. The average Bonchev–Trinajstić information content (AvgIpc) is 2.21. The van der Waals surface area contributed by atoms with Crippen LogP contribution in [0.1, 0.15) is 31.4 Å². The number of benzene rings is 1. The number of hydrogen-bond donors (Lipinski definition) is 2. The van der Waals surface area contributed by atoms with E-state index >= 15 is 0 Å². The third-order valence-corrected chi connectivity index (χ3v) is 2.33. The van der Waals surface area contributed by atoms with Gasteiger partial charge in [-0.3, -0.25) is 0 Å². The van der Waals surface area contributed by atoms with E-state index in [0.29, 0.717) is 12.0 Å². The fourth-order valence-corrected chi connectivity index (χ4v) is 1.42. The molecular weight excluding hydrogens is 200 g/mol. The Bertz CT molecular complexity index is 330. The highest BCUT2D eigenvalue weighted by molar-refractivity contribution is 5.21. The Morgan fingerprint density at radius 1 is 1.33 bits per heavy atom. The van der Waals surface area contributed by atoms with Crippen molar-refractivity contribution in [2.45, 2.75) is 31.9 Å². The molecule has 0 aliphatic carbocycles. The molecular formula is C11H15F2NO. The van der Waals surface area contributed by atoms with E-state index in [4.69, 9.17) is 5.73 Å². The zero-order valence-electron chi connectivity index (χ0n) is 8.58. The van der Waals surface area contributed by atoms with E-state index in [1.807, 2.05) is 6.92 Å². The molecule has 3 N–H and O–H groups in total. The molecule has 0 aliphatic rings. The zero-order valence-corrected chi connectivity index (χ0v) is 8.58. The molecule has 0 aliphatic heterocycles. The van der Waals surface area contributed by atoms with E-state index in [0.717, 1.165) is 18.6 Å². The van der Waals surface area contributed by atoms with Crippen LogP contribution in [0.25, 0.3) is 0 Å². The standard InChI is InChI=1S/C11H15F2NO/c1-2-3-10(15)11(14)7-4-5-8(12)9(13)6-7/h4-6,10-11,15H,2-3,14H2,1H3/t10-,11+/m1/s1. The van der Waals surface area contributed by atoms with Crippen molar-refractivity contribution in [1.29, 1.82) is 0 Å². The second-order valence-electron chi connectivity index (χ2n) is 3.56. The Labute approximate surface area is 87.7 Å². The van der Waals surface area contributed by atoms with Gasteiger partial charge in [-0.05, 0) is 24.1 Å². The number of halogens is 2. The molecule has 1 aromatic rings.